The Kier molecular flexibility index (Phi) is 7.35. The summed E-state index contributed by atoms with van der Waals surface area (Å²) in [5, 5.41) is 11.8. The highest BCUT2D eigenvalue weighted by Crippen LogP contribution is 2.21. The predicted molar refractivity (Wildman–Crippen MR) is 98.5 cm³/mol. The highest BCUT2D eigenvalue weighted by Gasteiger charge is 2.05. The quantitative estimate of drug-likeness (QED) is 0.672. The van der Waals surface area contributed by atoms with E-state index in [0.29, 0.717) is 25.3 Å². The van der Waals surface area contributed by atoms with Crippen molar-refractivity contribution in [3.63, 3.8) is 0 Å². The van der Waals surface area contributed by atoms with Crippen molar-refractivity contribution in [3.05, 3.63) is 59.7 Å². The van der Waals surface area contributed by atoms with E-state index < -0.39 is 5.97 Å². The maximum Gasteiger partial charge on any atom is 0.335 e. The largest absolute Gasteiger partial charge is 0.494 e. The second-order valence-electron chi connectivity index (χ2n) is 5.30. The van der Waals surface area contributed by atoms with Crippen molar-refractivity contribution in [2.45, 2.75) is 18.2 Å². The molecule has 0 aliphatic heterocycles. The number of ether oxygens (including phenoxy) is 1. The number of aromatic carboxylic acids is 1. The van der Waals surface area contributed by atoms with E-state index in [9.17, 15) is 9.59 Å². The van der Waals surface area contributed by atoms with E-state index in [0.717, 1.165) is 16.2 Å². The Balaban J connectivity index is 1.72. The van der Waals surface area contributed by atoms with Gasteiger partial charge in [-0.25, -0.2) is 4.79 Å². The lowest BCUT2D eigenvalue weighted by atomic mass is 10.1. The maximum atomic E-state index is 11.9. The van der Waals surface area contributed by atoms with Crippen molar-refractivity contribution in [1.82, 2.24) is 5.32 Å². The molecule has 2 N–H and O–H groups in total. The minimum absolute atomic E-state index is 0.0479. The minimum atomic E-state index is -0.947. The third-order valence-corrected chi connectivity index (χ3v) is 4.43. The van der Waals surface area contributed by atoms with Gasteiger partial charge in [-0.05, 0) is 55.3 Å². The molecule has 1 amide bonds. The fourth-order valence-corrected chi connectivity index (χ4v) is 2.93. The molecule has 6 heteroatoms. The molecule has 0 radical (unpaired) electrons. The van der Waals surface area contributed by atoms with Crippen LogP contribution in [0.25, 0.3) is 0 Å². The number of carbonyl (C=O) groups excluding carboxylic acids is 1. The number of hydrogen-bond donors (Lipinski definition) is 2. The zero-order valence-corrected chi connectivity index (χ0v) is 14.8. The number of benzene rings is 2. The van der Waals surface area contributed by atoms with Gasteiger partial charge in [0.1, 0.15) is 5.75 Å². The molecule has 0 aliphatic carbocycles. The van der Waals surface area contributed by atoms with Crippen molar-refractivity contribution in [3.8, 4) is 5.75 Å². The first-order valence-corrected chi connectivity index (χ1v) is 9.01. The smallest absolute Gasteiger partial charge is 0.335 e. The number of amides is 1. The van der Waals surface area contributed by atoms with Crippen LogP contribution in [-0.2, 0) is 11.2 Å². The van der Waals surface area contributed by atoms with Gasteiger partial charge >= 0.3 is 5.97 Å². The summed E-state index contributed by atoms with van der Waals surface area (Å²) >= 11 is 1.46. The van der Waals surface area contributed by atoms with Crippen LogP contribution >= 0.6 is 11.8 Å². The molecule has 0 unspecified atom stereocenters. The van der Waals surface area contributed by atoms with Crippen molar-refractivity contribution in [1.29, 1.82) is 0 Å². The molecule has 132 valence electrons. The molecule has 2 aromatic rings. The molecule has 0 atom stereocenters. The molecule has 0 saturated carbocycles. The van der Waals surface area contributed by atoms with Crippen LogP contribution in [0.5, 0.6) is 5.75 Å². The van der Waals surface area contributed by atoms with Crippen molar-refractivity contribution in [2.24, 2.45) is 0 Å². The lowest BCUT2D eigenvalue weighted by Gasteiger charge is -2.07. The molecule has 5 nitrogen and oxygen atoms in total. The van der Waals surface area contributed by atoms with Gasteiger partial charge in [0.05, 0.1) is 17.9 Å². The van der Waals surface area contributed by atoms with E-state index in [1.165, 1.54) is 11.8 Å². The van der Waals surface area contributed by atoms with E-state index in [1.807, 2.05) is 37.3 Å². The number of carbonyl (C=O) groups is 2. The topological polar surface area (TPSA) is 75.6 Å². The summed E-state index contributed by atoms with van der Waals surface area (Å²) in [7, 11) is 0. The Morgan fingerprint density at radius 2 is 1.92 bits per heavy atom. The van der Waals surface area contributed by atoms with Gasteiger partial charge in [-0.2, -0.15) is 0 Å². The van der Waals surface area contributed by atoms with Crippen LogP contribution in [0.1, 0.15) is 22.8 Å². The van der Waals surface area contributed by atoms with Crippen molar-refractivity contribution >= 4 is 23.6 Å². The number of rotatable bonds is 9. The molecule has 0 saturated heterocycles. The minimum Gasteiger partial charge on any atom is -0.494 e. The summed E-state index contributed by atoms with van der Waals surface area (Å²) in [4.78, 5) is 23.8. The van der Waals surface area contributed by atoms with Crippen LogP contribution in [-0.4, -0.2) is 35.9 Å². The molecular weight excluding hydrogens is 338 g/mol. The molecule has 0 aromatic heterocycles. The lowest BCUT2D eigenvalue weighted by molar-refractivity contribution is -0.118. The molecule has 0 bridgehead atoms. The maximum absolute atomic E-state index is 11.9. The third kappa shape index (κ3) is 6.51. The first kappa shape index (κ1) is 18.9. The Labute approximate surface area is 151 Å². The first-order valence-electron chi connectivity index (χ1n) is 8.03. The van der Waals surface area contributed by atoms with Crippen molar-refractivity contribution in [2.75, 3.05) is 18.9 Å². The normalized spacial score (nSPS) is 10.3. The number of carboxylic acids is 1. The van der Waals surface area contributed by atoms with Crippen LogP contribution in [0, 0.1) is 0 Å². The zero-order chi connectivity index (χ0) is 18.1. The summed E-state index contributed by atoms with van der Waals surface area (Å²) in [5.74, 6) is 0.161. The molecule has 0 spiro atoms. The van der Waals surface area contributed by atoms with Crippen LogP contribution in [0.4, 0.5) is 0 Å². The highest BCUT2D eigenvalue weighted by molar-refractivity contribution is 8.00. The third-order valence-electron chi connectivity index (χ3n) is 3.41. The highest BCUT2D eigenvalue weighted by atomic mass is 32.2. The van der Waals surface area contributed by atoms with Crippen molar-refractivity contribution < 1.29 is 19.4 Å². The molecule has 0 aliphatic rings. The number of carboxylic acid groups (broad SMARTS) is 1. The Hall–Kier alpha value is -2.47. The Bertz CT molecular complexity index is 716. The van der Waals surface area contributed by atoms with Crippen LogP contribution < -0.4 is 10.1 Å². The molecular formula is C19H21NO4S. The van der Waals surface area contributed by atoms with E-state index in [-0.39, 0.29) is 11.5 Å². The summed E-state index contributed by atoms with van der Waals surface area (Å²) in [5.41, 5.74) is 1.15. The Morgan fingerprint density at radius 3 is 2.60 bits per heavy atom. The lowest BCUT2D eigenvalue weighted by Crippen LogP contribution is -2.27. The summed E-state index contributed by atoms with van der Waals surface area (Å²) < 4.78 is 5.38. The second kappa shape index (κ2) is 9.74. The second-order valence-corrected chi connectivity index (χ2v) is 6.35. The number of hydrogen-bond acceptors (Lipinski definition) is 4. The average molecular weight is 359 g/mol. The van der Waals surface area contributed by atoms with E-state index in [4.69, 9.17) is 9.84 Å². The number of thioether (sulfide) groups is 1. The van der Waals surface area contributed by atoms with Gasteiger partial charge in [0.25, 0.3) is 0 Å². The van der Waals surface area contributed by atoms with Crippen LogP contribution in [0.3, 0.4) is 0 Å². The Morgan fingerprint density at radius 1 is 1.16 bits per heavy atom. The molecule has 25 heavy (non-hydrogen) atoms. The van der Waals surface area contributed by atoms with E-state index in [2.05, 4.69) is 5.32 Å². The average Bonchev–Trinajstić information content (AvgIpc) is 2.61. The zero-order valence-electron chi connectivity index (χ0n) is 14.0. The fourth-order valence-electron chi connectivity index (χ4n) is 2.20. The van der Waals surface area contributed by atoms with Gasteiger partial charge in [0.2, 0.25) is 5.91 Å². The fraction of sp³-hybridized carbons (Fsp3) is 0.263. The first-order chi connectivity index (χ1) is 12.1. The van der Waals surface area contributed by atoms with Gasteiger partial charge in [0, 0.05) is 11.4 Å². The van der Waals surface area contributed by atoms with Gasteiger partial charge in [0.15, 0.2) is 0 Å². The SMILES string of the molecule is CCOc1ccc(SCC(=O)NCCc2cccc(C(=O)O)c2)cc1. The molecule has 0 fully saturated rings. The predicted octanol–water partition coefficient (Wildman–Crippen LogP) is 3.23. The molecule has 2 rings (SSSR count). The monoisotopic (exact) mass is 359 g/mol. The van der Waals surface area contributed by atoms with Gasteiger partial charge < -0.3 is 15.2 Å². The number of nitrogens with one attached hydrogen (secondary N) is 1. The summed E-state index contributed by atoms with van der Waals surface area (Å²) in [6, 6.07) is 14.4. The molecule has 0 heterocycles. The molecule has 2 aromatic carbocycles. The standard InChI is InChI=1S/C19H21NO4S/c1-2-24-16-6-8-17(9-7-16)25-13-18(21)20-11-10-14-4-3-5-15(12-14)19(22)23/h3-9,12H,2,10-11,13H2,1H3,(H,20,21)(H,22,23). The van der Waals surface area contributed by atoms with E-state index >= 15 is 0 Å². The van der Waals surface area contributed by atoms with Gasteiger partial charge in [-0.15, -0.1) is 11.8 Å². The van der Waals surface area contributed by atoms with Gasteiger partial charge in [-0.1, -0.05) is 12.1 Å². The van der Waals surface area contributed by atoms with Crippen LogP contribution in [0.15, 0.2) is 53.4 Å². The summed E-state index contributed by atoms with van der Waals surface area (Å²) in [6.07, 6.45) is 0.598. The van der Waals surface area contributed by atoms with E-state index in [1.54, 1.807) is 18.2 Å². The summed E-state index contributed by atoms with van der Waals surface area (Å²) in [6.45, 7) is 3.04. The van der Waals surface area contributed by atoms with Crippen LogP contribution in [0.2, 0.25) is 0 Å². The van der Waals surface area contributed by atoms with Gasteiger partial charge in [-0.3, -0.25) is 4.79 Å².